The predicted octanol–water partition coefficient (Wildman–Crippen LogP) is 3.87. The van der Waals surface area contributed by atoms with E-state index < -0.39 is 0 Å². The Balaban J connectivity index is 2.23. The van der Waals surface area contributed by atoms with Gasteiger partial charge in [-0.15, -0.1) is 0 Å². The molecule has 1 aromatic heterocycles. The molecule has 0 unspecified atom stereocenters. The minimum Gasteiger partial charge on any atom is -0.338 e. The van der Waals surface area contributed by atoms with Crippen LogP contribution in [0.15, 0.2) is 55.1 Å². The molecule has 0 amide bonds. The number of hydrogen-bond donors (Lipinski definition) is 1. The first-order chi connectivity index (χ1) is 8.38. The van der Waals surface area contributed by atoms with Crippen molar-refractivity contribution in [2.45, 2.75) is 0 Å². The van der Waals surface area contributed by atoms with Gasteiger partial charge in [-0.25, -0.2) is 4.98 Å². The van der Waals surface area contributed by atoms with Gasteiger partial charge in [0.1, 0.15) is 5.82 Å². The fourth-order valence-electron chi connectivity index (χ4n) is 1.97. The fourth-order valence-corrected chi connectivity index (χ4v) is 1.97. The Labute approximate surface area is 99.6 Å². The molecule has 0 aliphatic carbocycles. The summed E-state index contributed by atoms with van der Waals surface area (Å²) in [6.45, 7) is 3.83. The molecule has 2 nitrogen and oxygen atoms in total. The van der Waals surface area contributed by atoms with Gasteiger partial charge in [-0.2, -0.15) is 0 Å². The SMILES string of the molecule is C=Cc1ccccc1-c1nc2ccccc2[nH]1. The highest BCUT2D eigenvalue weighted by atomic mass is 14.9. The number of fused-ring (bicyclic) bond motifs is 1. The van der Waals surface area contributed by atoms with Crippen LogP contribution in [-0.2, 0) is 0 Å². The summed E-state index contributed by atoms with van der Waals surface area (Å²) in [5.41, 5.74) is 4.22. The molecule has 1 N–H and O–H groups in total. The van der Waals surface area contributed by atoms with E-state index in [0.717, 1.165) is 28.0 Å². The summed E-state index contributed by atoms with van der Waals surface area (Å²) in [6, 6.07) is 16.1. The second kappa shape index (κ2) is 3.91. The Morgan fingerprint density at radius 3 is 2.59 bits per heavy atom. The number of aromatic nitrogens is 2. The minimum atomic E-state index is 0.890. The summed E-state index contributed by atoms with van der Waals surface area (Å²) in [4.78, 5) is 7.92. The highest BCUT2D eigenvalue weighted by Gasteiger charge is 2.06. The number of H-pyrrole nitrogens is 1. The molecule has 0 aliphatic rings. The first-order valence-electron chi connectivity index (χ1n) is 5.55. The van der Waals surface area contributed by atoms with E-state index in [2.05, 4.69) is 22.6 Å². The van der Waals surface area contributed by atoms with Gasteiger partial charge in [0.25, 0.3) is 0 Å². The number of rotatable bonds is 2. The quantitative estimate of drug-likeness (QED) is 0.697. The lowest BCUT2D eigenvalue weighted by molar-refractivity contribution is 1.33. The Kier molecular flexibility index (Phi) is 2.26. The van der Waals surface area contributed by atoms with Crippen LogP contribution in [-0.4, -0.2) is 9.97 Å². The van der Waals surface area contributed by atoms with E-state index in [0.29, 0.717) is 0 Å². The third-order valence-electron chi connectivity index (χ3n) is 2.83. The second-order valence-corrected chi connectivity index (χ2v) is 3.89. The van der Waals surface area contributed by atoms with E-state index >= 15 is 0 Å². The first-order valence-corrected chi connectivity index (χ1v) is 5.55. The number of nitrogens with one attached hydrogen (secondary N) is 1. The molecule has 2 aromatic carbocycles. The summed E-state index contributed by atoms with van der Waals surface area (Å²) in [7, 11) is 0. The number of benzene rings is 2. The third kappa shape index (κ3) is 1.64. The Morgan fingerprint density at radius 2 is 1.76 bits per heavy atom. The Morgan fingerprint density at radius 1 is 1.00 bits per heavy atom. The summed E-state index contributed by atoms with van der Waals surface area (Å²) >= 11 is 0. The van der Waals surface area contributed by atoms with Gasteiger partial charge < -0.3 is 4.98 Å². The lowest BCUT2D eigenvalue weighted by atomic mass is 10.1. The molecule has 2 heteroatoms. The van der Waals surface area contributed by atoms with Crippen LogP contribution < -0.4 is 0 Å². The highest BCUT2D eigenvalue weighted by molar-refractivity contribution is 5.81. The fraction of sp³-hybridized carbons (Fsp3) is 0. The molecule has 0 aliphatic heterocycles. The number of aromatic amines is 1. The van der Waals surface area contributed by atoms with E-state index in [4.69, 9.17) is 0 Å². The van der Waals surface area contributed by atoms with Crippen molar-refractivity contribution in [1.82, 2.24) is 9.97 Å². The molecule has 0 atom stereocenters. The highest BCUT2D eigenvalue weighted by Crippen LogP contribution is 2.24. The normalized spacial score (nSPS) is 10.6. The van der Waals surface area contributed by atoms with Gasteiger partial charge in [0.05, 0.1) is 11.0 Å². The molecule has 0 radical (unpaired) electrons. The zero-order valence-corrected chi connectivity index (χ0v) is 9.35. The summed E-state index contributed by atoms with van der Waals surface area (Å²) in [5, 5.41) is 0. The van der Waals surface area contributed by atoms with Crippen molar-refractivity contribution in [2.24, 2.45) is 0 Å². The van der Waals surface area contributed by atoms with Crippen LogP contribution in [0.25, 0.3) is 28.5 Å². The average Bonchev–Trinajstić information content (AvgIpc) is 2.82. The van der Waals surface area contributed by atoms with Crippen LogP contribution in [0.4, 0.5) is 0 Å². The van der Waals surface area contributed by atoms with Gasteiger partial charge in [-0.05, 0) is 17.7 Å². The molecule has 1 heterocycles. The van der Waals surface area contributed by atoms with Crippen molar-refractivity contribution in [3.05, 3.63) is 60.7 Å². The standard InChI is InChI=1S/C15H12N2/c1-2-11-7-3-4-8-12(11)15-16-13-9-5-6-10-14(13)17-15/h2-10H,1H2,(H,16,17). The van der Waals surface area contributed by atoms with Crippen molar-refractivity contribution in [2.75, 3.05) is 0 Å². The van der Waals surface area contributed by atoms with E-state index in [1.54, 1.807) is 0 Å². The van der Waals surface area contributed by atoms with Gasteiger partial charge in [0, 0.05) is 5.56 Å². The number of hydrogen-bond acceptors (Lipinski definition) is 1. The van der Waals surface area contributed by atoms with Crippen LogP contribution in [0.5, 0.6) is 0 Å². The molecule has 0 saturated carbocycles. The summed E-state index contributed by atoms with van der Waals surface area (Å²) < 4.78 is 0. The topological polar surface area (TPSA) is 28.7 Å². The van der Waals surface area contributed by atoms with Crippen LogP contribution in [0, 0.1) is 0 Å². The zero-order chi connectivity index (χ0) is 11.7. The lowest BCUT2D eigenvalue weighted by Gasteiger charge is -2.01. The van der Waals surface area contributed by atoms with Crippen molar-refractivity contribution in [3.63, 3.8) is 0 Å². The number of para-hydroxylation sites is 2. The molecule has 82 valence electrons. The van der Waals surface area contributed by atoms with Gasteiger partial charge in [-0.3, -0.25) is 0 Å². The van der Waals surface area contributed by atoms with E-state index in [-0.39, 0.29) is 0 Å². The Hall–Kier alpha value is -2.35. The van der Waals surface area contributed by atoms with Crippen LogP contribution in [0.3, 0.4) is 0 Å². The maximum Gasteiger partial charge on any atom is 0.139 e. The predicted molar refractivity (Wildman–Crippen MR) is 71.6 cm³/mol. The van der Waals surface area contributed by atoms with E-state index in [1.165, 1.54) is 0 Å². The van der Waals surface area contributed by atoms with Gasteiger partial charge in [0.15, 0.2) is 0 Å². The van der Waals surface area contributed by atoms with E-state index in [9.17, 15) is 0 Å². The average molecular weight is 220 g/mol. The summed E-state index contributed by atoms with van der Waals surface area (Å²) in [6.07, 6.45) is 1.85. The maximum atomic E-state index is 4.59. The Bertz CT molecular complexity index is 647. The maximum absolute atomic E-state index is 4.59. The van der Waals surface area contributed by atoms with Crippen molar-refractivity contribution in [3.8, 4) is 11.4 Å². The number of imidazole rings is 1. The largest absolute Gasteiger partial charge is 0.338 e. The molecule has 0 fully saturated rings. The monoisotopic (exact) mass is 220 g/mol. The van der Waals surface area contributed by atoms with Crippen LogP contribution in [0.2, 0.25) is 0 Å². The van der Waals surface area contributed by atoms with Crippen molar-refractivity contribution >= 4 is 17.1 Å². The molecular weight excluding hydrogens is 208 g/mol. The zero-order valence-electron chi connectivity index (χ0n) is 9.35. The molecule has 0 spiro atoms. The minimum absolute atomic E-state index is 0.890. The smallest absolute Gasteiger partial charge is 0.139 e. The molecule has 17 heavy (non-hydrogen) atoms. The third-order valence-corrected chi connectivity index (χ3v) is 2.83. The molecule has 3 aromatic rings. The summed E-state index contributed by atoms with van der Waals surface area (Å²) in [5.74, 6) is 0.890. The molecule has 0 bridgehead atoms. The lowest BCUT2D eigenvalue weighted by Crippen LogP contribution is -1.84. The van der Waals surface area contributed by atoms with Crippen molar-refractivity contribution in [1.29, 1.82) is 0 Å². The molecular formula is C15H12N2. The van der Waals surface area contributed by atoms with Gasteiger partial charge in [0.2, 0.25) is 0 Å². The van der Waals surface area contributed by atoms with Gasteiger partial charge >= 0.3 is 0 Å². The van der Waals surface area contributed by atoms with Crippen molar-refractivity contribution < 1.29 is 0 Å². The van der Waals surface area contributed by atoms with Gasteiger partial charge in [-0.1, -0.05) is 49.1 Å². The molecule has 3 rings (SSSR count). The van der Waals surface area contributed by atoms with Crippen LogP contribution >= 0.6 is 0 Å². The van der Waals surface area contributed by atoms with Crippen LogP contribution in [0.1, 0.15) is 5.56 Å². The second-order valence-electron chi connectivity index (χ2n) is 3.89. The molecule has 0 saturated heterocycles. The van der Waals surface area contributed by atoms with E-state index in [1.807, 2.05) is 48.5 Å². The first kappa shape index (κ1) is 9.85. The number of nitrogens with zero attached hydrogens (tertiary/aromatic N) is 1.